The van der Waals surface area contributed by atoms with Gasteiger partial charge in [0.05, 0.1) is 6.07 Å². The zero-order valence-corrected chi connectivity index (χ0v) is 9.37. The quantitative estimate of drug-likeness (QED) is 0.834. The maximum atomic E-state index is 9.48. The van der Waals surface area contributed by atoms with Crippen molar-refractivity contribution in [3.05, 3.63) is 35.4 Å². The van der Waals surface area contributed by atoms with E-state index in [-0.39, 0.29) is 0 Å². The van der Waals surface area contributed by atoms with Crippen LogP contribution < -0.4 is 5.32 Å². The largest absolute Gasteiger partial charge is 0.295 e. The van der Waals surface area contributed by atoms with Crippen LogP contribution in [0.15, 0.2) is 24.3 Å². The number of aryl methyl sites for hydroxylation is 1. The van der Waals surface area contributed by atoms with Crippen molar-refractivity contribution < 1.29 is 0 Å². The predicted molar refractivity (Wildman–Crippen MR) is 62.8 cm³/mol. The highest BCUT2D eigenvalue weighted by atomic mass is 15.0. The van der Waals surface area contributed by atoms with Gasteiger partial charge in [0, 0.05) is 0 Å². The van der Waals surface area contributed by atoms with E-state index in [0.717, 1.165) is 25.3 Å². The molecule has 16 heavy (non-hydrogen) atoms. The van der Waals surface area contributed by atoms with Crippen LogP contribution >= 0.6 is 0 Å². The topological polar surface area (TPSA) is 35.8 Å². The Hall–Kier alpha value is -1.33. The Kier molecular flexibility index (Phi) is 2.22. The van der Waals surface area contributed by atoms with Gasteiger partial charge in [-0.05, 0) is 49.3 Å². The van der Waals surface area contributed by atoms with Gasteiger partial charge in [-0.1, -0.05) is 24.3 Å². The summed E-state index contributed by atoms with van der Waals surface area (Å²) in [6.45, 7) is 1.00. The smallest absolute Gasteiger partial charge is 0.132 e. The van der Waals surface area contributed by atoms with Crippen molar-refractivity contribution in [3.8, 4) is 6.07 Å². The average molecular weight is 212 g/mol. The number of hydrogen-bond acceptors (Lipinski definition) is 2. The third-order valence-electron chi connectivity index (χ3n) is 3.83. The molecule has 1 aromatic rings. The SMILES string of the molecule is N#CC1(NCC2CC2)CCc2ccccc21. The van der Waals surface area contributed by atoms with E-state index in [2.05, 4.69) is 29.6 Å². The molecule has 3 rings (SSSR count). The predicted octanol–water partition coefficient (Wildman–Crippen LogP) is 2.35. The Bertz CT molecular complexity index is 442. The third kappa shape index (κ3) is 1.52. The van der Waals surface area contributed by atoms with Crippen molar-refractivity contribution >= 4 is 0 Å². The van der Waals surface area contributed by atoms with Crippen LogP contribution in [-0.2, 0) is 12.0 Å². The molecular weight excluding hydrogens is 196 g/mol. The summed E-state index contributed by atoms with van der Waals surface area (Å²) in [5, 5.41) is 13.0. The van der Waals surface area contributed by atoms with Gasteiger partial charge in [0.2, 0.25) is 0 Å². The molecule has 1 saturated carbocycles. The summed E-state index contributed by atoms with van der Waals surface area (Å²) in [4.78, 5) is 0. The number of hydrogen-bond donors (Lipinski definition) is 1. The van der Waals surface area contributed by atoms with Crippen LogP contribution in [0.5, 0.6) is 0 Å². The standard InChI is InChI=1S/C14H16N2/c15-10-14(16-9-11-5-6-11)8-7-12-3-1-2-4-13(12)14/h1-4,11,16H,5-9H2. The highest BCUT2D eigenvalue weighted by Crippen LogP contribution is 2.37. The first-order valence-corrected chi connectivity index (χ1v) is 6.09. The van der Waals surface area contributed by atoms with Gasteiger partial charge in [-0.3, -0.25) is 5.32 Å². The first kappa shape index (κ1) is 9.86. The van der Waals surface area contributed by atoms with Crippen LogP contribution in [0.4, 0.5) is 0 Å². The highest BCUT2D eigenvalue weighted by molar-refractivity contribution is 5.43. The molecule has 1 atom stereocenters. The fraction of sp³-hybridized carbons (Fsp3) is 0.500. The molecule has 1 N–H and O–H groups in total. The van der Waals surface area contributed by atoms with Crippen molar-refractivity contribution in [1.29, 1.82) is 5.26 Å². The van der Waals surface area contributed by atoms with Crippen molar-refractivity contribution in [2.45, 2.75) is 31.2 Å². The van der Waals surface area contributed by atoms with Crippen LogP contribution in [-0.4, -0.2) is 6.54 Å². The van der Waals surface area contributed by atoms with Crippen molar-refractivity contribution in [2.75, 3.05) is 6.54 Å². The maximum Gasteiger partial charge on any atom is 0.132 e. The van der Waals surface area contributed by atoms with E-state index in [0.29, 0.717) is 0 Å². The van der Waals surface area contributed by atoms with Crippen molar-refractivity contribution in [3.63, 3.8) is 0 Å². The Morgan fingerprint density at radius 3 is 2.94 bits per heavy atom. The molecule has 0 heterocycles. The second-order valence-corrected chi connectivity index (χ2v) is 5.00. The van der Waals surface area contributed by atoms with E-state index >= 15 is 0 Å². The average Bonchev–Trinajstić information content (AvgIpc) is 3.09. The van der Waals surface area contributed by atoms with Crippen LogP contribution in [0.25, 0.3) is 0 Å². The molecule has 0 spiro atoms. The minimum Gasteiger partial charge on any atom is -0.295 e. The molecule has 2 aliphatic carbocycles. The lowest BCUT2D eigenvalue weighted by Gasteiger charge is -2.24. The third-order valence-corrected chi connectivity index (χ3v) is 3.83. The minimum absolute atomic E-state index is 0.404. The molecule has 1 fully saturated rings. The number of nitrogens with zero attached hydrogens (tertiary/aromatic N) is 1. The molecule has 0 aromatic heterocycles. The van der Waals surface area contributed by atoms with E-state index in [1.807, 2.05) is 6.07 Å². The summed E-state index contributed by atoms with van der Waals surface area (Å²) in [7, 11) is 0. The van der Waals surface area contributed by atoms with Gasteiger partial charge in [0.25, 0.3) is 0 Å². The van der Waals surface area contributed by atoms with Gasteiger partial charge in [-0.25, -0.2) is 0 Å². The molecule has 1 unspecified atom stereocenters. The molecule has 2 aliphatic rings. The lowest BCUT2D eigenvalue weighted by atomic mass is 9.93. The number of benzene rings is 1. The summed E-state index contributed by atoms with van der Waals surface area (Å²) in [5.74, 6) is 0.818. The molecule has 2 heteroatoms. The number of nitriles is 1. The zero-order chi connectivity index (χ0) is 11.0. The van der Waals surface area contributed by atoms with Crippen LogP contribution in [0.2, 0.25) is 0 Å². The Labute approximate surface area is 96.3 Å². The fourth-order valence-corrected chi connectivity index (χ4v) is 2.59. The molecule has 0 radical (unpaired) electrons. The first-order valence-electron chi connectivity index (χ1n) is 6.09. The summed E-state index contributed by atoms with van der Waals surface area (Å²) in [5.41, 5.74) is 2.14. The molecule has 1 aromatic carbocycles. The number of rotatable bonds is 3. The van der Waals surface area contributed by atoms with Crippen LogP contribution in [0.1, 0.15) is 30.4 Å². The molecule has 0 amide bonds. The van der Waals surface area contributed by atoms with Gasteiger partial charge >= 0.3 is 0 Å². The van der Waals surface area contributed by atoms with Gasteiger partial charge in [-0.2, -0.15) is 5.26 Å². The summed E-state index contributed by atoms with van der Waals surface area (Å²) in [6.07, 6.45) is 4.61. The van der Waals surface area contributed by atoms with Gasteiger partial charge < -0.3 is 0 Å². The van der Waals surface area contributed by atoms with E-state index in [4.69, 9.17) is 0 Å². The number of nitrogens with one attached hydrogen (secondary N) is 1. The molecule has 0 bridgehead atoms. The van der Waals surface area contributed by atoms with Crippen LogP contribution in [0.3, 0.4) is 0 Å². The normalized spacial score (nSPS) is 27.4. The lowest BCUT2D eigenvalue weighted by molar-refractivity contribution is 0.415. The second kappa shape index (κ2) is 3.61. The van der Waals surface area contributed by atoms with Gasteiger partial charge in [-0.15, -0.1) is 0 Å². The van der Waals surface area contributed by atoms with E-state index in [1.54, 1.807) is 0 Å². The van der Waals surface area contributed by atoms with Crippen molar-refractivity contribution in [1.82, 2.24) is 5.32 Å². The molecule has 0 saturated heterocycles. The van der Waals surface area contributed by atoms with Gasteiger partial charge in [0.1, 0.15) is 5.54 Å². The van der Waals surface area contributed by atoms with Crippen LogP contribution in [0, 0.1) is 17.2 Å². The Morgan fingerprint density at radius 1 is 1.38 bits per heavy atom. The molecule has 0 aliphatic heterocycles. The van der Waals surface area contributed by atoms with E-state index in [9.17, 15) is 5.26 Å². The Morgan fingerprint density at radius 2 is 2.19 bits per heavy atom. The van der Waals surface area contributed by atoms with E-state index in [1.165, 1.54) is 24.0 Å². The van der Waals surface area contributed by atoms with E-state index < -0.39 is 5.54 Å². The van der Waals surface area contributed by atoms with Gasteiger partial charge in [0.15, 0.2) is 0 Å². The monoisotopic (exact) mass is 212 g/mol. The lowest BCUT2D eigenvalue weighted by Crippen LogP contribution is -2.40. The minimum atomic E-state index is -0.404. The maximum absolute atomic E-state index is 9.48. The zero-order valence-electron chi connectivity index (χ0n) is 9.37. The van der Waals surface area contributed by atoms with Crippen molar-refractivity contribution in [2.24, 2.45) is 5.92 Å². The fourth-order valence-electron chi connectivity index (χ4n) is 2.59. The Balaban J connectivity index is 1.88. The summed E-state index contributed by atoms with van der Waals surface area (Å²) >= 11 is 0. The number of fused-ring (bicyclic) bond motifs is 1. The highest BCUT2D eigenvalue weighted by Gasteiger charge is 2.39. The summed E-state index contributed by atoms with van der Waals surface area (Å²) in [6, 6.07) is 10.9. The molecule has 82 valence electrons. The molecular formula is C14H16N2. The summed E-state index contributed by atoms with van der Waals surface area (Å²) < 4.78 is 0. The molecule has 2 nitrogen and oxygen atoms in total. The second-order valence-electron chi connectivity index (χ2n) is 5.00. The first-order chi connectivity index (χ1) is 7.84.